The van der Waals surface area contributed by atoms with Crippen molar-refractivity contribution in [1.29, 1.82) is 0 Å². The second kappa shape index (κ2) is 10.5. The Morgan fingerprint density at radius 2 is 1.11 bits per heavy atom. The van der Waals surface area contributed by atoms with Crippen LogP contribution in [0.3, 0.4) is 0 Å². The second-order valence-corrected chi connectivity index (χ2v) is 13.3. The van der Waals surface area contributed by atoms with Crippen LogP contribution in [0, 0.1) is 19.8 Å². The minimum Gasteiger partial charge on any atom is -0.207 e. The predicted octanol–water partition coefficient (Wildman–Crippen LogP) is 4.99. The molecule has 0 saturated carbocycles. The molecule has 2 aliphatic carbocycles. The molecule has 0 bridgehead atoms. The molecule has 0 heterocycles. The summed E-state index contributed by atoms with van der Waals surface area (Å²) in [6.45, 7) is 5.94. The van der Waals surface area contributed by atoms with Gasteiger partial charge in [0.25, 0.3) is 0 Å². The van der Waals surface area contributed by atoms with Gasteiger partial charge in [-0.05, 0) is 76.1 Å². The third-order valence-corrected chi connectivity index (χ3v) is 10.2. The molecule has 0 amide bonds. The number of sulfonamides is 2. The van der Waals surface area contributed by atoms with Crippen molar-refractivity contribution >= 4 is 20.0 Å². The van der Waals surface area contributed by atoms with Crippen LogP contribution >= 0.6 is 0 Å². The topological polar surface area (TPSA) is 92.3 Å². The maximum atomic E-state index is 13.4. The van der Waals surface area contributed by atoms with Gasteiger partial charge in [0.1, 0.15) is 0 Å². The summed E-state index contributed by atoms with van der Waals surface area (Å²) in [5.41, 5.74) is 4.14. The fourth-order valence-corrected chi connectivity index (χ4v) is 7.93. The number of aryl methyl sites for hydroxylation is 2. The molecular weight excluding hydrogens is 480 g/mol. The number of hydrogen-bond donors (Lipinski definition) is 2. The van der Waals surface area contributed by atoms with Gasteiger partial charge < -0.3 is 0 Å². The van der Waals surface area contributed by atoms with E-state index >= 15 is 0 Å². The Balaban J connectivity index is 1.69. The third kappa shape index (κ3) is 5.71. The van der Waals surface area contributed by atoms with Crippen molar-refractivity contribution in [3.05, 3.63) is 70.8 Å². The van der Waals surface area contributed by atoms with Crippen molar-refractivity contribution < 1.29 is 16.8 Å². The fraction of sp³-hybridized carbons (Fsp3) is 0.481. The number of benzene rings is 2. The summed E-state index contributed by atoms with van der Waals surface area (Å²) in [5, 5.41) is 0. The lowest BCUT2D eigenvalue weighted by molar-refractivity contribution is 0.363. The van der Waals surface area contributed by atoms with Crippen LogP contribution in [-0.4, -0.2) is 28.9 Å². The molecule has 0 saturated heterocycles. The van der Waals surface area contributed by atoms with Gasteiger partial charge in [0.05, 0.1) is 9.79 Å². The second-order valence-electron chi connectivity index (χ2n) is 9.89. The normalized spacial score (nSPS) is 22.9. The van der Waals surface area contributed by atoms with Crippen molar-refractivity contribution in [3.63, 3.8) is 0 Å². The van der Waals surface area contributed by atoms with E-state index in [2.05, 4.69) is 16.4 Å². The monoisotopic (exact) mass is 516 g/mol. The van der Waals surface area contributed by atoms with Crippen LogP contribution in [0.4, 0.5) is 0 Å². The number of rotatable bonds is 9. The molecule has 2 aromatic rings. The molecule has 0 radical (unpaired) electrons. The Bertz CT molecular complexity index is 1180. The molecule has 1 unspecified atom stereocenters. The van der Waals surface area contributed by atoms with E-state index in [4.69, 9.17) is 0 Å². The smallest absolute Gasteiger partial charge is 0.207 e. The average Bonchev–Trinajstić information content (AvgIpc) is 3.09. The number of nitrogens with one attached hydrogen (secondary N) is 2. The summed E-state index contributed by atoms with van der Waals surface area (Å²) in [6, 6.07) is 12.9. The molecule has 2 aliphatic rings. The Morgan fingerprint density at radius 3 is 1.49 bits per heavy atom. The summed E-state index contributed by atoms with van der Waals surface area (Å²) >= 11 is 0. The number of hydrogen-bond acceptors (Lipinski definition) is 4. The van der Waals surface area contributed by atoms with Gasteiger partial charge in [0.15, 0.2) is 0 Å². The minimum absolute atomic E-state index is 0.168. The van der Waals surface area contributed by atoms with Crippen LogP contribution < -0.4 is 9.44 Å². The van der Waals surface area contributed by atoms with Gasteiger partial charge in [-0.25, -0.2) is 26.3 Å². The van der Waals surface area contributed by atoms with Crippen LogP contribution in [-0.2, 0) is 20.0 Å². The van der Waals surface area contributed by atoms with Gasteiger partial charge in [-0.15, -0.1) is 0 Å². The molecule has 6 nitrogen and oxygen atoms in total. The van der Waals surface area contributed by atoms with Crippen LogP contribution in [0.5, 0.6) is 0 Å². The standard InChI is InChI=1S/C27H36N2O4S2/c1-4-5-8-25-26(28-34(30,31)21-15-11-19(2)12-16-21)23-9-6-7-10-24(23)27(25)29-35(32,33)22-17-13-20(3)14-18-22/h11-18,25-29H,4-10H2,1-3H3/t25?,26-,27+. The number of unbranched alkanes of at least 4 members (excludes halogenated alkanes) is 1. The zero-order valence-corrected chi connectivity index (χ0v) is 22.4. The summed E-state index contributed by atoms with van der Waals surface area (Å²) in [4.78, 5) is 0.470. The van der Waals surface area contributed by atoms with Crippen LogP contribution in [0.25, 0.3) is 0 Å². The highest BCUT2D eigenvalue weighted by Crippen LogP contribution is 2.44. The van der Waals surface area contributed by atoms with Crippen LogP contribution in [0.1, 0.15) is 63.0 Å². The molecule has 190 valence electrons. The highest BCUT2D eigenvalue weighted by molar-refractivity contribution is 7.89. The molecule has 4 rings (SSSR count). The van der Waals surface area contributed by atoms with Crippen LogP contribution in [0.2, 0.25) is 0 Å². The lowest BCUT2D eigenvalue weighted by atomic mass is 9.91. The highest BCUT2D eigenvalue weighted by Gasteiger charge is 2.45. The summed E-state index contributed by atoms with van der Waals surface area (Å²) < 4.78 is 59.4. The summed E-state index contributed by atoms with van der Waals surface area (Å²) in [7, 11) is -7.51. The SMILES string of the molecule is CCCCC1[C@H](NS(=O)(=O)c2ccc(C)cc2)C2=C(CCCC2)[C@@H]1NS(=O)(=O)c1ccc(C)cc1. The van der Waals surface area contributed by atoms with Gasteiger partial charge in [-0.2, -0.15) is 0 Å². The van der Waals surface area contributed by atoms with E-state index in [1.54, 1.807) is 48.5 Å². The van der Waals surface area contributed by atoms with Crippen molar-refractivity contribution in [2.75, 3.05) is 0 Å². The Labute approximate surface area is 210 Å². The van der Waals surface area contributed by atoms with Crippen molar-refractivity contribution in [2.45, 2.75) is 87.6 Å². The first-order valence-electron chi connectivity index (χ1n) is 12.5. The van der Waals surface area contributed by atoms with E-state index in [-0.39, 0.29) is 15.7 Å². The van der Waals surface area contributed by atoms with Gasteiger partial charge in [-0.3, -0.25) is 0 Å². The summed E-state index contributed by atoms with van der Waals surface area (Å²) in [6.07, 6.45) is 6.15. The molecule has 0 aromatic heterocycles. The molecule has 3 atom stereocenters. The van der Waals surface area contributed by atoms with E-state index in [1.165, 1.54) is 0 Å². The molecule has 0 aliphatic heterocycles. The van der Waals surface area contributed by atoms with Gasteiger partial charge in [0.2, 0.25) is 20.0 Å². The molecule has 8 heteroatoms. The van der Waals surface area contributed by atoms with E-state index < -0.39 is 32.1 Å². The van der Waals surface area contributed by atoms with Crippen LogP contribution in [0.15, 0.2) is 69.5 Å². The molecule has 35 heavy (non-hydrogen) atoms. The molecule has 2 aromatic carbocycles. The van der Waals surface area contributed by atoms with Crippen molar-refractivity contribution in [3.8, 4) is 0 Å². The summed E-state index contributed by atoms with van der Waals surface area (Å²) in [5.74, 6) is -0.168. The van der Waals surface area contributed by atoms with Gasteiger partial charge >= 0.3 is 0 Å². The molecule has 0 fully saturated rings. The Kier molecular flexibility index (Phi) is 7.86. The fourth-order valence-electron chi connectivity index (χ4n) is 5.37. The maximum absolute atomic E-state index is 13.4. The first kappa shape index (κ1) is 26.1. The molecule has 2 N–H and O–H groups in total. The van der Waals surface area contributed by atoms with E-state index in [0.717, 1.165) is 67.2 Å². The van der Waals surface area contributed by atoms with E-state index in [9.17, 15) is 16.8 Å². The van der Waals surface area contributed by atoms with Gasteiger partial charge in [0, 0.05) is 12.1 Å². The maximum Gasteiger partial charge on any atom is 0.241 e. The third-order valence-electron chi connectivity index (χ3n) is 7.28. The first-order valence-corrected chi connectivity index (χ1v) is 15.5. The largest absolute Gasteiger partial charge is 0.241 e. The molecule has 0 spiro atoms. The first-order chi connectivity index (χ1) is 16.6. The Hall–Kier alpha value is -2.00. The zero-order chi connectivity index (χ0) is 25.2. The van der Waals surface area contributed by atoms with Gasteiger partial charge in [-0.1, -0.05) is 66.3 Å². The lowest BCUT2D eigenvalue weighted by Gasteiger charge is -2.28. The minimum atomic E-state index is -3.75. The zero-order valence-electron chi connectivity index (χ0n) is 20.8. The predicted molar refractivity (Wildman–Crippen MR) is 139 cm³/mol. The van der Waals surface area contributed by atoms with Crippen molar-refractivity contribution in [2.24, 2.45) is 5.92 Å². The molecular formula is C27H36N2O4S2. The quantitative estimate of drug-likeness (QED) is 0.460. The average molecular weight is 517 g/mol. The lowest BCUT2D eigenvalue weighted by Crippen LogP contribution is -2.46. The van der Waals surface area contributed by atoms with Crippen molar-refractivity contribution in [1.82, 2.24) is 9.44 Å². The van der Waals surface area contributed by atoms with E-state index in [0.29, 0.717) is 0 Å². The highest BCUT2D eigenvalue weighted by atomic mass is 32.2. The van der Waals surface area contributed by atoms with E-state index in [1.807, 2.05) is 13.8 Å². The Morgan fingerprint density at radius 1 is 0.714 bits per heavy atom.